The minimum absolute atomic E-state index is 0.0709. The lowest BCUT2D eigenvalue weighted by Crippen LogP contribution is -2.19. The number of hydrogen-bond donors (Lipinski definition) is 2. The van der Waals surface area contributed by atoms with Crippen molar-refractivity contribution in [3.63, 3.8) is 0 Å². The Balaban J connectivity index is 2.00. The summed E-state index contributed by atoms with van der Waals surface area (Å²) >= 11 is 5.26. The average molecular weight is 289 g/mol. The molecule has 0 aliphatic rings. The van der Waals surface area contributed by atoms with Gasteiger partial charge in [0, 0.05) is 17.2 Å². The van der Waals surface area contributed by atoms with E-state index in [1.54, 1.807) is 0 Å². The maximum absolute atomic E-state index is 5.30. The molecule has 0 unspecified atom stereocenters. The highest BCUT2D eigenvalue weighted by atomic mass is 32.1. The van der Waals surface area contributed by atoms with Crippen LogP contribution in [-0.2, 0) is 5.41 Å². The van der Waals surface area contributed by atoms with Gasteiger partial charge in [-0.25, -0.2) is 0 Å². The third kappa shape index (κ3) is 3.81. The molecule has 0 aliphatic heterocycles. The highest BCUT2D eigenvalue weighted by molar-refractivity contribution is 7.80. The fourth-order valence-corrected chi connectivity index (χ4v) is 1.91. The third-order valence-electron chi connectivity index (χ3n) is 2.77. The Morgan fingerprint density at radius 2 is 1.95 bits per heavy atom. The van der Waals surface area contributed by atoms with Crippen LogP contribution in [0.15, 0.2) is 34.9 Å². The highest BCUT2D eigenvalue weighted by Crippen LogP contribution is 2.24. The van der Waals surface area contributed by atoms with Crippen molar-refractivity contribution < 1.29 is 4.52 Å². The van der Waals surface area contributed by atoms with Crippen molar-refractivity contribution in [2.75, 3.05) is 10.6 Å². The predicted molar refractivity (Wildman–Crippen MR) is 86.2 cm³/mol. The number of rotatable bonds is 2. The summed E-state index contributed by atoms with van der Waals surface area (Å²) in [4.78, 5) is 0. The van der Waals surface area contributed by atoms with Gasteiger partial charge in [0.25, 0.3) is 0 Å². The Labute approximate surface area is 124 Å². The first-order chi connectivity index (χ1) is 9.34. The number of anilines is 2. The van der Waals surface area contributed by atoms with E-state index in [1.165, 1.54) is 5.56 Å². The van der Waals surface area contributed by atoms with E-state index in [4.69, 9.17) is 16.7 Å². The molecule has 5 heteroatoms. The zero-order valence-electron chi connectivity index (χ0n) is 12.2. The standard InChI is InChI=1S/C15H19N3OS/c1-10-6-5-7-11(8-10)16-14(20)17-13-9-12(19-18-13)15(2,3)4/h5-9H,1-4H3,(H2,16,17,18,20). The first-order valence-electron chi connectivity index (χ1n) is 6.46. The molecule has 0 saturated carbocycles. The maximum Gasteiger partial charge on any atom is 0.176 e. The van der Waals surface area contributed by atoms with Gasteiger partial charge in [0.05, 0.1) is 0 Å². The van der Waals surface area contributed by atoms with Crippen LogP contribution in [0.4, 0.5) is 11.5 Å². The van der Waals surface area contributed by atoms with Crippen LogP contribution in [0.3, 0.4) is 0 Å². The number of benzene rings is 1. The second-order valence-electron chi connectivity index (χ2n) is 5.78. The highest BCUT2D eigenvalue weighted by Gasteiger charge is 2.19. The Morgan fingerprint density at radius 3 is 2.55 bits per heavy atom. The van der Waals surface area contributed by atoms with E-state index in [0.29, 0.717) is 10.9 Å². The summed E-state index contributed by atoms with van der Waals surface area (Å²) in [5, 5.41) is 10.6. The molecule has 1 aromatic heterocycles. The molecule has 2 rings (SSSR count). The van der Waals surface area contributed by atoms with Crippen molar-refractivity contribution >= 4 is 28.8 Å². The molecule has 0 bridgehead atoms. The molecule has 0 saturated heterocycles. The summed E-state index contributed by atoms with van der Waals surface area (Å²) in [6, 6.07) is 9.87. The van der Waals surface area contributed by atoms with Gasteiger partial charge in [-0.15, -0.1) is 0 Å². The lowest BCUT2D eigenvalue weighted by Gasteiger charge is -2.12. The van der Waals surface area contributed by atoms with E-state index in [9.17, 15) is 0 Å². The Hall–Kier alpha value is -1.88. The average Bonchev–Trinajstić information content (AvgIpc) is 2.76. The number of nitrogens with one attached hydrogen (secondary N) is 2. The molecule has 4 nitrogen and oxygen atoms in total. The van der Waals surface area contributed by atoms with E-state index in [2.05, 4.69) is 36.6 Å². The first-order valence-corrected chi connectivity index (χ1v) is 6.87. The number of nitrogens with zero attached hydrogens (tertiary/aromatic N) is 1. The molecule has 0 radical (unpaired) electrons. The predicted octanol–water partition coefficient (Wildman–Crippen LogP) is 4.09. The lowest BCUT2D eigenvalue weighted by atomic mass is 9.93. The summed E-state index contributed by atoms with van der Waals surface area (Å²) in [5.74, 6) is 1.43. The van der Waals surface area contributed by atoms with Crippen molar-refractivity contribution in [2.45, 2.75) is 33.1 Å². The summed E-state index contributed by atoms with van der Waals surface area (Å²) in [5.41, 5.74) is 2.05. The van der Waals surface area contributed by atoms with Crippen molar-refractivity contribution in [1.82, 2.24) is 5.16 Å². The summed E-state index contributed by atoms with van der Waals surface area (Å²) in [7, 11) is 0. The van der Waals surface area contributed by atoms with Crippen molar-refractivity contribution in [2.24, 2.45) is 0 Å². The van der Waals surface area contributed by atoms with Crippen molar-refractivity contribution in [3.8, 4) is 0 Å². The van der Waals surface area contributed by atoms with Gasteiger partial charge in [-0.1, -0.05) is 38.1 Å². The fraction of sp³-hybridized carbons (Fsp3) is 0.333. The molecule has 1 aromatic carbocycles. The first kappa shape index (κ1) is 14.5. The second kappa shape index (κ2) is 5.63. The molecule has 0 fully saturated rings. The molecule has 2 N–H and O–H groups in total. The molecule has 0 amide bonds. The number of aryl methyl sites for hydroxylation is 1. The van der Waals surface area contributed by atoms with Crippen LogP contribution in [0.25, 0.3) is 0 Å². The van der Waals surface area contributed by atoms with Crippen LogP contribution in [0, 0.1) is 6.92 Å². The van der Waals surface area contributed by atoms with Crippen LogP contribution in [0.1, 0.15) is 32.1 Å². The van der Waals surface area contributed by atoms with E-state index in [1.807, 2.05) is 37.3 Å². The molecule has 0 aliphatic carbocycles. The molecule has 2 aromatic rings. The van der Waals surface area contributed by atoms with E-state index in [0.717, 1.165) is 11.4 Å². The van der Waals surface area contributed by atoms with Gasteiger partial charge in [0.1, 0.15) is 5.76 Å². The zero-order chi connectivity index (χ0) is 14.8. The van der Waals surface area contributed by atoms with Crippen LogP contribution in [-0.4, -0.2) is 10.3 Å². The van der Waals surface area contributed by atoms with Crippen LogP contribution >= 0.6 is 12.2 Å². The molecular weight excluding hydrogens is 270 g/mol. The molecule has 0 atom stereocenters. The van der Waals surface area contributed by atoms with E-state index >= 15 is 0 Å². The fourth-order valence-electron chi connectivity index (χ4n) is 1.69. The molecule has 20 heavy (non-hydrogen) atoms. The minimum atomic E-state index is -0.0709. The maximum atomic E-state index is 5.30. The Bertz CT molecular complexity index is 614. The van der Waals surface area contributed by atoms with Gasteiger partial charge >= 0.3 is 0 Å². The van der Waals surface area contributed by atoms with Crippen molar-refractivity contribution in [1.29, 1.82) is 0 Å². The quantitative estimate of drug-likeness (QED) is 0.816. The molecule has 0 spiro atoms. The SMILES string of the molecule is Cc1cccc(NC(=S)Nc2cc(C(C)(C)C)on2)c1. The van der Waals surface area contributed by atoms with Gasteiger partial charge in [0.2, 0.25) is 0 Å². The number of thiocarbonyl (C=S) groups is 1. The van der Waals surface area contributed by atoms with Gasteiger partial charge in [-0.2, -0.15) is 0 Å². The second-order valence-corrected chi connectivity index (χ2v) is 6.18. The molecule has 106 valence electrons. The smallest absolute Gasteiger partial charge is 0.176 e. The monoisotopic (exact) mass is 289 g/mol. The molecular formula is C15H19N3OS. The van der Waals surface area contributed by atoms with Crippen LogP contribution < -0.4 is 10.6 Å². The zero-order valence-corrected chi connectivity index (χ0v) is 13.0. The van der Waals surface area contributed by atoms with Gasteiger partial charge < -0.3 is 15.2 Å². The van der Waals surface area contributed by atoms with Crippen LogP contribution in [0.2, 0.25) is 0 Å². The number of aromatic nitrogens is 1. The van der Waals surface area contributed by atoms with Crippen molar-refractivity contribution in [3.05, 3.63) is 41.7 Å². The Kier molecular flexibility index (Phi) is 4.09. The summed E-state index contributed by atoms with van der Waals surface area (Å²) < 4.78 is 5.30. The third-order valence-corrected chi connectivity index (χ3v) is 2.97. The van der Waals surface area contributed by atoms with Gasteiger partial charge in [0.15, 0.2) is 10.9 Å². The van der Waals surface area contributed by atoms with E-state index in [-0.39, 0.29) is 5.41 Å². The van der Waals surface area contributed by atoms with Crippen LogP contribution in [0.5, 0.6) is 0 Å². The van der Waals surface area contributed by atoms with Gasteiger partial charge in [-0.05, 0) is 36.8 Å². The van der Waals surface area contributed by atoms with Gasteiger partial charge in [-0.3, -0.25) is 0 Å². The summed E-state index contributed by atoms with van der Waals surface area (Å²) in [6.45, 7) is 8.25. The summed E-state index contributed by atoms with van der Waals surface area (Å²) in [6.07, 6.45) is 0. The molecule has 1 heterocycles. The normalized spacial score (nSPS) is 11.2. The number of hydrogen-bond acceptors (Lipinski definition) is 3. The largest absolute Gasteiger partial charge is 0.359 e. The minimum Gasteiger partial charge on any atom is -0.359 e. The lowest BCUT2D eigenvalue weighted by molar-refractivity contribution is 0.331. The topological polar surface area (TPSA) is 50.1 Å². The Morgan fingerprint density at radius 1 is 1.20 bits per heavy atom. The van der Waals surface area contributed by atoms with E-state index < -0.39 is 0 Å².